The first-order valence-corrected chi connectivity index (χ1v) is 6.99. The maximum atomic E-state index is 12.3. The van der Waals surface area contributed by atoms with Crippen LogP contribution in [0.5, 0.6) is 0 Å². The van der Waals surface area contributed by atoms with Gasteiger partial charge in [0, 0.05) is 27.7 Å². The van der Waals surface area contributed by atoms with Crippen LogP contribution in [0, 0.1) is 11.3 Å². The number of carbonyl (C=O) groups excluding carboxylic acids is 1. The Morgan fingerprint density at radius 3 is 2.57 bits per heavy atom. The van der Waals surface area contributed by atoms with Crippen LogP contribution in [0.3, 0.4) is 0 Å². The van der Waals surface area contributed by atoms with Crippen LogP contribution >= 0.6 is 0 Å². The van der Waals surface area contributed by atoms with Gasteiger partial charge in [-0.05, 0) is 17.7 Å². The van der Waals surface area contributed by atoms with Crippen LogP contribution in [-0.2, 0) is 6.54 Å². The van der Waals surface area contributed by atoms with Crippen molar-refractivity contribution in [3.63, 3.8) is 0 Å². The number of nitrogens with one attached hydrogen (secondary N) is 1. The lowest BCUT2D eigenvalue weighted by molar-refractivity contribution is 0.220. The summed E-state index contributed by atoms with van der Waals surface area (Å²) in [4.78, 5) is 23.7. The second-order valence-corrected chi connectivity index (χ2v) is 5.25. The van der Waals surface area contributed by atoms with Crippen LogP contribution in [0.25, 0.3) is 0 Å². The standard InChI is InChI=1S/C16H18N6O/c1-21(2)15-14(9-18-11-19-15)20-16(23)22(3)10-13-6-4-12(8-17)5-7-13/h4-7,9,11H,10H2,1-3H3,(H,20,23). The minimum Gasteiger partial charge on any atom is -0.361 e. The molecule has 1 heterocycles. The number of aromatic nitrogens is 2. The maximum absolute atomic E-state index is 12.3. The van der Waals surface area contributed by atoms with Gasteiger partial charge in [0.25, 0.3) is 0 Å². The molecule has 0 radical (unpaired) electrons. The number of nitrogens with zero attached hydrogens (tertiary/aromatic N) is 5. The van der Waals surface area contributed by atoms with Crippen LogP contribution in [0.1, 0.15) is 11.1 Å². The fraction of sp³-hybridized carbons (Fsp3) is 0.250. The molecule has 1 aromatic heterocycles. The van der Waals surface area contributed by atoms with E-state index in [1.807, 2.05) is 26.2 Å². The molecule has 23 heavy (non-hydrogen) atoms. The fourth-order valence-electron chi connectivity index (χ4n) is 2.01. The van der Waals surface area contributed by atoms with E-state index in [9.17, 15) is 4.79 Å². The molecule has 0 fully saturated rings. The van der Waals surface area contributed by atoms with Gasteiger partial charge in [-0.2, -0.15) is 5.26 Å². The van der Waals surface area contributed by atoms with Gasteiger partial charge in [-0.25, -0.2) is 14.8 Å². The summed E-state index contributed by atoms with van der Waals surface area (Å²) in [6.45, 7) is 0.433. The quantitative estimate of drug-likeness (QED) is 0.934. The zero-order chi connectivity index (χ0) is 16.8. The second kappa shape index (κ2) is 7.22. The molecule has 0 aliphatic carbocycles. The van der Waals surface area contributed by atoms with Crippen molar-refractivity contribution in [1.29, 1.82) is 5.26 Å². The van der Waals surface area contributed by atoms with Crippen LogP contribution < -0.4 is 10.2 Å². The van der Waals surface area contributed by atoms with Gasteiger partial charge in [0.05, 0.1) is 17.8 Å². The summed E-state index contributed by atoms with van der Waals surface area (Å²) in [6.07, 6.45) is 3.00. The molecule has 0 atom stereocenters. The molecule has 0 unspecified atom stereocenters. The molecule has 7 heteroatoms. The molecule has 2 aromatic rings. The van der Waals surface area contributed by atoms with Crippen molar-refractivity contribution in [2.75, 3.05) is 31.4 Å². The molecular formula is C16H18N6O. The Morgan fingerprint density at radius 2 is 1.96 bits per heavy atom. The number of carbonyl (C=O) groups is 1. The topological polar surface area (TPSA) is 85.2 Å². The van der Waals surface area contributed by atoms with Gasteiger partial charge in [-0.15, -0.1) is 0 Å². The highest BCUT2D eigenvalue weighted by atomic mass is 16.2. The molecule has 0 saturated carbocycles. The summed E-state index contributed by atoms with van der Waals surface area (Å²) in [6, 6.07) is 8.94. The summed E-state index contributed by atoms with van der Waals surface area (Å²) < 4.78 is 0. The Hall–Kier alpha value is -3.14. The van der Waals surface area contributed by atoms with Crippen LogP contribution in [-0.4, -0.2) is 42.0 Å². The number of benzene rings is 1. The fourth-order valence-corrected chi connectivity index (χ4v) is 2.01. The number of hydrogen-bond acceptors (Lipinski definition) is 5. The average molecular weight is 310 g/mol. The first kappa shape index (κ1) is 16.2. The summed E-state index contributed by atoms with van der Waals surface area (Å²) in [5.41, 5.74) is 2.09. The maximum Gasteiger partial charge on any atom is 0.322 e. The van der Waals surface area contributed by atoms with E-state index in [2.05, 4.69) is 21.4 Å². The Morgan fingerprint density at radius 1 is 1.26 bits per heavy atom. The van der Waals surface area contributed by atoms with Crippen molar-refractivity contribution in [1.82, 2.24) is 14.9 Å². The first-order valence-electron chi connectivity index (χ1n) is 6.99. The van der Waals surface area contributed by atoms with E-state index in [1.165, 1.54) is 6.33 Å². The molecule has 0 bridgehead atoms. The molecule has 0 aliphatic rings. The van der Waals surface area contributed by atoms with Crippen LogP contribution in [0.2, 0.25) is 0 Å². The van der Waals surface area contributed by atoms with E-state index in [0.29, 0.717) is 23.6 Å². The lowest BCUT2D eigenvalue weighted by atomic mass is 10.1. The van der Waals surface area contributed by atoms with Crippen molar-refractivity contribution in [3.8, 4) is 6.07 Å². The zero-order valence-electron chi connectivity index (χ0n) is 13.3. The largest absolute Gasteiger partial charge is 0.361 e. The molecular weight excluding hydrogens is 292 g/mol. The van der Waals surface area contributed by atoms with Crippen molar-refractivity contribution in [2.45, 2.75) is 6.54 Å². The molecule has 0 saturated heterocycles. The van der Waals surface area contributed by atoms with Gasteiger partial charge < -0.3 is 15.1 Å². The molecule has 1 aromatic carbocycles. The van der Waals surface area contributed by atoms with Gasteiger partial charge in [0.2, 0.25) is 0 Å². The predicted molar refractivity (Wildman–Crippen MR) is 88.0 cm³/mol. The van der Waals surface area contributed by atoms with E-state index < -0.39 is 0 Å². The average Bonchev–Trinajstić information content (AvgIpc) is 2.55. The van der Waals surface area contributed by atoms with E-state index >= 15 is 0 Å². The van der Waals surface area contributed by atoms with Crippen molar-refractivity contribution < 1.29 is 4.79 Å². The Kier molecular flexibility index (Phi) is 5.10. The zero-order valence-corrected chi connectivity index (χ0v) is 13.3. The Labute approximate surface area is 135 Å². The third-order valence-electron chi connectivity index (χ3n) is 3.21. The number of nitriles is 1. The van der Waals surface area contributed by atoms with Crippen molar-refractivity contribution >= 4 is 17.5 Å². The number of rotatable bonds is 4. The lowest BCUT2D eigenvalue weighted by Gasteiger charge is -2.20. The third kappa shape index (κ3) is 4.17. The highest BCUT2D eigenvalue weighted by Gasteiger charge is 2.13. The number of hydrogen-bond donors (Lipinski definition) is 1. The Bertz CT molecular complexity index is 720. The molecule has 2 amide bonds. The van der Waals surface area contributed by atoms with E-state index in [4.69, 9.17) is 5.26 Å². The highest BCUT2D eigenvalue weighted by molar-refractivity contribution is 5.91. The van der Waals surface area contributed by atoms with E-state index in [0.717, 1.165) is 5.56 Å². The molecule has 0 spiro atoms. The van der Waals surface area contributed by atoms with Crippen molar-refractivity contribution in [3.05, 3.63) is 47.9 Å². The smallest absolute Gasteiger partial charge is 0.322 e. The second-order valence-electron chi connectivity index (χ2n) is 5.25. The number of anilines is 2. The van der Waals surface area contributed by atoms with Gasteiger partial charge in [-0.3, -0.25) is 0 Å². The van der Waals surface area contributed by atoms with E-state index in [1.54, 1.807) is 35.2 Å². The monoisotopic (exact) mass is 310 g/mol. The van der Waals surface area contributed by atoms with Gasteiger partial charge in [-0.1, -0.05) is 12.1 Å². The van der Waals surface area contributed by atoms with Crippen LogP contribution in [0.15, 0.2) is 36.8 Å². The molecule has 2 rings (SSSR count). The lowest BCUT2D eigenvalue weighted by Crippen LogP contribution is -2.31. The summed E-state index contributed by atoms with van der Waals surface area (Å²) in [5.74, 6) is 0.639. The van der Waals surface area contributed by atoms with E-state index in [-0.39, 0.29) is 6.03 Å². The summed E-state index contributed by atoms with van der Waals surface area (Å²) in [7, 11) is 5.39. The summed E-state index contributed by atoms with van der Waals surface area (Å²) in [5, 5.41) is 11.6. The minimum absolute atomic E-state index is 0.257. The molecule has 1 N–H and O–H groups in total. The normalized spacial score (nSPS) is 9.83. The Balaban J connectivity index is 2.04. The third-order valence-corrected chi connectivity index (χ3v) is 3.21. The number of urea groups is 1. The summed E-state index contributed by atoms with van der Waals surface area (Å²) >= 11 is 0. The predicted octanol–water partition coefficient (Wildman–Crippen LogP) is 2.08. The van der Waals surface area contributed by atoms with Gasteiger partial charge in [0.15, 0.2) is 5.82 Å². The first-order chi connectivity index (χ1) is 11.0. The SMILES string of the molecule is CN(Cc1ccc(C#N)cc1)C(=O)Nc1cncnc1N(C)C. The highest BCUT2D eigenvalue weighted by Crippen LogP contribution is 2.19. The molecule has 118 valence electrons. The van der Waals surface area contributed by atoms with Gasteiger partial charge >= 0.3 is 6.03 Å². The molecule has 7 nitrogen and oxygen atoms in total. The van der Waals surface area contributed by atoms with Crippen molar-refractivity contribution in [2.24, 2.45) is 0 Å². The minimum atomic E-state index is -0.257. The number of amides is 2. The van der Waals surface area contributed by atoms with Crippen LogP contribution in [0.4, 0.5) is 16.3 Å². The molecule has 0 aliphatic heterocycles. The van der Waals surface area contributed by atoms with Gasteiger partial charge in [0.1, 0.15) is 12.0 Å².